The molecule has 0 bridgehead atoms. The Hall–Kier alpha value is -1.15. The predicted molar refractivity (Wildman–Crippen MR) is 67.2 cm³/mol. The number of carbonyl (C=O) groups is 1. The Morgan fingerprint density at radius 1 is 1.12 bits per heavy atom. The molecular formula is C14H21NO. The van der Waals surface area contributed by atoms with Crippen molar-refractivity contribution in [1.82, 2.24) is 0 Å². The second-order valence-corrected chi connectivity index (χ2v) is 5.66. The van der Waals surface area contributed by atoms with Crippen molar-refractivity contribution in [3.8, 4) is 0 Å². The van der Waals surface area contributed by atoms with E-state index < -0.39 is 11.0 Å². The standard InChI is InChI=1S/C14H21NO/c1-13(2,3)12(16)14(4,15)10-11-8-6-5-7-9-11/h5-9H,10,15H2,1-4H3. The number of nitrogens with two attached hydrogens (primary N) is 1. The monoisotopic (exact) mass is 219 g/mol. The number of rotatable bonds is 3. The molecule has 0 aliphatic rings. The van der Waals surface area contributed by atoms with Crippen LogP contribution in [0.25, 0.3) is 0 Å². The first-order valence-electron chi connectivity index (χ1n) is 5.61. The van der Waals surface area contributed by atoms with E-state index in [9.17, 15) is 4.79 Å². The Bertz CT molecular complexity index is 360. The smallest absolute Gasteiger partial charge is 0.157 e. The van der Waals surface area contributed by atoms with Gasteiger partial charge in [0.15, 0.2) is 5.78 Å². The summed E-state index contributed by atoms with van der Waals surface area (Å²) in [6, 6.07) is 9.89. The predicted octanol–water partition coefficient (Wildman–Crippen LogP) is 2.56. The van der Waals surface area contributed by atoms with E-state index in [1.54, 1.807) is 0 Å². The number of hydrogen-bond acceptors (Lipinski definition) is 2. The van der Waals surface area contributed by atoms with E-state index in [0.29, 0.717) is 6.42 Å². The van der Waals surface area contributed by atoms with Crippen LogP contribution >= 0.6 is 0 Å². The minimum absolute atomic E-state index is 0.101. The van der Waals surface area contributed by atoms with Gasteiger partial charge in [-0.05, 0) is 18.9 Å². The molecule has 0 saturated carbocycles. The lowest BCUT2D eigenvalue weighted by atomic mass is 9.77. The van der Waals surface area contributed by atoms with Crippen LogP contribution in [0.4, 0.5) is 0 Å². The van der Waals surface area contributed by atoms with E-state index in [4.69, 9.17) is 5.73 Å². The third-order valence-electron chi connectivity index (χ3n) is 2.61. The molecule has 0 aliphatic heterocycles. The maximum absolute atomic E-state index is 12.2. The molecule has 1 aromatic carbocycles. The van der Waals surface area contributed by atoms with Gasteiger partial charge in [0, 0.05) is 5.41 Å². The summed E-state index contributed by atoms with van der Waals surface area (Å²) >= 11 is 0. The van der Waals surface area contributed by atoms with Gasteiger partial charge in [-0.15, -0.1) is 0 Å². The van der Waals surface area contributed by atoms with Crippen molar-refractivity contribution in [2.75, 3.05) is 0 Å². The highest BCUT2D eigenvalue weighted by Crippen LogP contribution is 2.24. The van der Waals surface area contributed by atoms with E-state index in [0.717, 1.165) is 5.56 Å². The summed E-state index contributed by atoms with van der Waals surface area (Å²) < 4.78 is 0. The van der Waals surface area contributed by atoms with E-state index >= 15 is 0 Å². The number of Topliss-reactive ketones (excluding diaryl/α,β-unsaturated/α-hetero) is 1. The van der Waals surface area contributed by atoms with Gasteiger partial charge < -0.3 is 5.73 Å². The topological polar surface area (TPSA) is 43.1 Å². The van der Waals surface area contributed by atoms with Crippen LogP contribution in [0, 0.1) is 5.41 Å². The molecule has 1 rings (SSSR count). The molecule has 0 aromatic heterocycles. The lowest BCUT2D eigenvalue weighted by Crippen LogP contribution is -2.52. The van der Waals surface area contributed by atoms with E-state index in [-0.39, 0.29) is 5.78 Å². The summed E-state index contributed by atoms with van der Waals surface area (Å²) in [4.78, 5) is 12.2. The van der Waals surface area contributed by atoms with Crippen molar-refractivity contribution < 1.29 is 4.79 Å². The molecule has 88 valence electrons. The molecule has 0 fully saturated rings. The van der Waals surface area contributed by atoms with Crippen molar-refractivity contribution in [2.45, 2.75) is 39.7 Å². The van der Waals surface area contributed by atoms with Gasteiger partial charge in [0.1, 0.15) is 0 Å². The molecule has 2 heteroatoms. The summed E-state index contributed by atoms with van der Waals surface area (Å²) in [6.45, 7) is 7.54. The van der Waals surface area contributed by atoms with Crippen molar-refractivity contribution in [3.05, 3.63) is 35.9 Å². The molecular weight excluding hydrogens is 198 g/mol. The Labute approximate surface area is 97.9 Å². The maximum Gasteiger partial charge on any atom is 0.157 e. The van der Waals surface area contributed by atoms with Crippen LogP contribution in [0.3, 0.4) is 0 Å². The molecule has 1 atom stereocenters. The van der Waals surface area contributed by atoms with Crippen LogP contribution < -0.4 is 5.73 Å². The van der Waals surface area contributed by atoms with Crippen LogP contribution in [0.5, 0.6) is 0 Å². The van der Waals surface area contributed by atoms with Gasteiger partial charge in [0.05, 0.1) is 5.54 Å². The molecule has 2 N–H and O–H groups in total. The summed E-state index contributed by atoms with van der Waals surface area (Å²) in [7, 11) is 0. The molecule has 2 nitrogen and oxygen atoms in total. The molecule has 0 radical (unpaired) electrons. The third-order valence-corrected chi connectivity index (χ3v) is 2.61. The largest absolute Gasteiger partial charge is 0.319 e. The Kier molecular flexibility index (Phi) is 3.54. The van der Waals surface area contributed by atoms with Crippen LogP contribution in [-0.4, -0.2) is 11.3 Å². The van der Waals surface area contributed by atoms with Gasteiger partial charge in [0.25, 0.3) is 0 Å². The summed E-state index contributed by atoms with van der Waals surface area (Å²) in [5.74, 6) is 0.101. The average molecular weight is 219 g/mol. The first kappa shape index (κ1) is 12.9. The molecule has 0 aliphatic carbocycles. The van der Waals surface area contributed by atoms with Crippen molar-refractivity contribution in [3.63, 3.8) is 0 Å². The Balaban J connectivity index is 2.84. The highest BCUT2D eigenvalue weighted by atomic mass is 16.1. The average Bonchev–Trinajstić information content (AvgIpc) is 2.16. The normalized spacial score (nSPS) is 15.6. The van der Waals surface area contributed by atoms with Crippen molar-refractivity contribution >= 4 is 5.78 Å². The second kappa shape index (κ2) is 4.38. The molecule has 0 saturated heterocycles. The van der Waals surface area contributed by atoms with Crippen LogP contribution in [0.2, 0.25) is 0 Å². The van der Waals surface area contributed by atoms with Gasteiger partial charge in [-0.1, -0.05) is 51.1 Å². The fourth-order valence-corrected chi connectivity index (χ4v) is 1.96. The number of hydrogen-bond donors (Lipinski definition) is 1. The lowest BCUT2D eigenvalue weighted by Gasteiger charge is -2.30. The minimum Gasteiger partial charge on any atom is -0.319 e. The van der Waals surface area contributed by atoms with Crippen molar-refractivity contribution in [1.29, 1.82) is 0 Å². The number of ketones is 1. The quantitative estimate of drug-likeness (QED) is 0.849. The van der Waals surface area contributed by atoms with Crippen LogP contribution in [0.1, 0.15) is 33.3 Å². The van der Waals surface area contributed by atoms with Gasteiger partial charge in [-0.2, -0.15) is 0 Å². The van der Waals surface area contributed by atoms with Crippen LogP contribution in [0.15, 0.2) is 30.3 Å². The fraction of sp³-hybridized carbons (Fsp3) is 0.500. The first-order chi connectivity index (χ1) is 7.23. The molecule has 1 aromatic rings. The summed E-state index contributed by atoms with van der Waals surface area (Å²) in [6.07, 6.45) is 0.587. The van der Waals surface area contributed by atoms with E-state index in [1.807, 2.05) is 58.0 Å². The zero-order valence-corrected chi connectivity index (χ0v) is 10.6. The lowest BCUT2D eigenvalue weighted by molar-refractivity contribution is -0.131. The van der Waals surface area contributed by atoms with Gasteiger partial charge in [-0.3, -0.25) is 4.79 Å². The molecule has 0 amide bonds. The zero-order chi connectivity index (χ0) is 12.4. The van der Waals surface area contributed by atoms with Crippen LogP contribution in [-0.2, 0) is 11.2 Å². The third kappa shape index (κ3) is 3.17. The molecule has 0 heterocycles. The molecule has 1 unspecified atom stereocenters. The highest BCUT2D eigenvalue weighted by molar-refractivity contribution is 5.92. The van der Waals surface area contributed by atoms with Gasteiger partial charge in [-0.25, -0.2) is 0 Å². The Morgan fingerprint density at radius 3 is 2.06 bits per heavy atom. The van der Waals surface area contributed by atoms with E-state index in [2.05, 4.69) is 0 Å². The summed E-state index contributed by atoms with van der Waals surface area (Å²) in [5.41, 5.74) is 6.05. The van der Waals surface area contributed by atoms with Gasteiger partial charge >= 0.3 is 0 Å². The SMILES string of the molecule is CC(C)(C)C(=O)C(C)(N)Cc1ccccc1. The molecule has 0 spiro atoms. The summed E-state index contributed by atoms with van der Waals surface area (Å²) in [5, 5.41) is 0. The highest BCUT2D eigenvalue weighted by Gasteiger charge is 2.36. The first-order valence-corrected chi connectivity index (χ1v) is 5.61. The molecule has 16 heavy (non-hydrogen) atoms. The van der Waals surface area contributed by atoms with E-state index in [1.165, 1.54) is 0 Å². The maximum atomic E-state index is 12.2. The number of carbonyl (C=O) groups excluding carboxylic acids is 1. The number of benzene rings is 1. The van der Waals surface area contributed by atoms with Crippen molar-refractivity contribution in [2.24, 2.45) is 11.1 Å². The minimum atomic E-state index is -0.792. The Morgan fingerprint density at radius 2 is 1.62 bits per heavy atom. The van der Waals surface area contributed by atoms with Gasteiger partial charge in [0.2, 0.25) is 0 Å². The fourth-order valence-electron chi connectivity index (χ4n) is 1.96. The second-order valence-electron chi connectivity index (χ2n) is 5.66. The zero-order valence-electron chi connectivity index (χ0n) is 10.6.